The Morgan fingerprint density at radius 3 is 2.83 bits per heavy atom. The quantitative estimate of drug-likeness (QED) is 0.814. The van der Waals surface area contributed by atoms with Crippen molar-refractivity contribution in [2.24, 2.45) is 5.92 Å². The van der Waals surface area contributed by atoms with Gasteiger partial charge in [0, 0.05) is 25.7 Å². The minimum atomic E-state index is 0.446. The molecular weight excluding hydrogens is 224 g/mol. The third-order valence-corrected chi connectivity index (χ3v) is 4.83. The molecule has 1 aliphatic heterocycles. The molecule has 0 amide bonds. The zero-order valence-corrected chi connectivity index (χ0v) is 12.3. The topological polar surface area (TPSA) is 24.5 Å². The third kappa shape index (κ3) is 3.46. The molecule has 1 saturated heterocycles. The maximum atomic E-state index is 5.63. The molecule has 18 heavy (non-hydrogen) atoms. The van der Waals surface area contributed by atoms with Gasteiger partial charge in [0.05, 0.1) is 6.10 Å². The van der Waals surface area contributed by atoms with E-state index in [9.17, 15) is 0 Å². The Hall–Kier alpha value is -0.120. The molecule has 1 saturated carbocycles. The monoisotopic (exact) mass is 254 g/mol. The van der Waals surface area contributed by atoms with Gasteiger partial charge in [-0.3, -0.25) is 4.90 Å². The van der Waals surface area contributed by atoms with E-state index < -0.39 is 0 Å². The van der Waals surface area contributed by atoms with Crippen LogP contribution in [-0.2, 0) is 4.74 Å². The molecule has 3 heteroatoms. The number of ether oxygens (including phenoxy) is 1. The average Bonchev–Trinajstić information content (AvgIpc) is 2.85. The van der Waals surface area contributed by atoms with Crippen molar-refractivity contribution in [3.05, 3.63) is 0 Å². The predicted molar refractivity (Wildman–Crippen MR) is 75.9 cm³/mol. The molecule has 2 rings (SSSR count). The van der Waals surface area contributed by atoms with E-state index in [2.05, 4.69) is 24.1 Å². The summed E-state index contributed by atoms with van der Waals surface area (Å²) in [5, 5.41) is 3.68. The third-order valence-electron chi connectivity index (χ3n) is 4.83. The SMILES string of the molecule is CCCNC1CCC(N2CCC(C)C(OC)C2)C1. The molecular formula is C15H30N2O. The van der Waals surface area contributed by atoms with Gasteiger partial charge in [-0.05, 0) is 51.1 Å². The van der Waals surface area contributed by atoms with Crippen molar-refractivity contribution in [1.29, 1.82) is 0 Å². The molecule has 0 aromatic heterocycles. The molecule has 106 valence electrons. The van der Waals surface area contributed by atoms with Crippen molar-refractivity contribution in [3.8, 4) is 0 Å². The van der Waals surface area contributed by atoms with Crippen molar-refractivity contribution in [2.75, 3.05) is 26.7 Å². The lowest BCUT2D eigenvalue weighted by molar-refractivity contribution is -0.0183. The normalized spacial score (nSPS) is 38.2. The summed E-state index contributed by atoms with van der Waals surface area (Å²) in [5.74, 6) is 0.724. The van der Waals surface area contributed by atoms with Crippen LogP contribution in [0.1, 0.15) is 46.0 Å². The Kier molecular flexibility index (Phi) is 5.46. The van der Waals surface area contributed by atoms with Gasteiger partial charge in [0.15, 0.2) is 0 Å². The van der Waals surface area contributed by atoms with Crippen LogP contribution in [0.5, 0.6) is 0 Å². The van der Waals surface area contributed by atoms with Crippen LogP contribution in [-0.4, -0.2) is 49.8 Å². The number of likely N-dealkylation sites (tertiary alicyclic amines) is 1. The van der Waals surface area contributed by atoms with Crippen molar-refractivity contribution in [1.82, 2.24) is 10.2 Å². The summed E-state index contributed by atoms with van der Waals surface area (Å²) in [6.45, 7) is 8.16. The van der Waals surface area contributed by atoms with Gasteiger partial charge in [0.2, 0.25) is 0 Å². The molecule has 1 N–H and O–H groups in total. The van der Waals surface area contributed by atoms with Crippen LogP contribution in [0, 0.1) is 5.92 Å². The fourth-order valence-electron chi connectivity index (χ4n) is 3.52. The minimum Gasteiger partial charge on any atom is -0.380 e. The molecule has 0 spiro atoms. The van der Waals surface area contributed by atoms with Crippen molar-refractivity contribution in [3.63, 3.8) is 0 Å². The molecule has 0 bridgehead atoms. The zero-order valence-electron chi connectivity index (χ0n) is 12.3. The van der Waals surface area contributed by atoms with Crippen molar-refractivity contribution < 1.29 is 4.74 Å². The van der Waals surface area contributed by atoms with Crippen LogP contribution in [0.4, 0.5) is 0 Å². The van der Waals surface area contributed by atoms with E-state index in [1.807, 2.05) is 7.11 Å². The zero-order chi connectivity index (χ0) is 13.0. The van der Waals surface area contributed by atoms with Crippen LogP contribution in [0.25, 0.3) is 0 Å². The fourth-order valence-corrected chi connectivity index (χ4v) is 3.52. The summed E-state index contributed by atoms with van der Waals surface area (Å²) < 4.78 is 5.63. The van der Waals surface area contributed by atoms with Crippen LogP contribution in [0.2, 0.25) is 0 Å². The summed E-state index contributed by atoms with van der Waals surface area (Å²) in [7, 11) is 1.87. The van der Waals surface area contributed by atoms with Crippen LogP contribution >= 0.6 is 0 Å². The number of hydrogen-bond donors (Lipinski definition) is 1. The number of nitrogens with zero attached hydrogens (tertiary/aromatic N) is 1. The highest BCUT2D eigenvalue weighted by Crippen LogP contribution is 2.29. The highest BCUT2D eigenvalue weighted by atomic mass is 16.5. The minimum absolute atomic E-state index is 0.446. The highest BCUT2D eigenvalue weighted by Gasteiger charge is 2.34. The second-order valence-corrected chi connectivity index (χ2v) is 6.15. The number of piperidine rings is 1. The second kappa shape index (κ2) is 6.88. The van der Waals surface area contributed by atoms with E-state index >= 15 is 0 Å². The largest absolute Gasteiger partial charge is 0.380 e. The highest BCUT2D eigenvalue weighted by molar-refractivity contribution is 4.90. The number of nitrogens with one attached hydrogen (secondary N) is 1. The molecule has 3 nitrogen and oxygen atoms in total. The molecule has 2 fully saturated rings. The molecule has 1 aliphatic carbocycles. The Balaban J connectivity index is 1.79. The molecule has 0 aromatic carbocycles. The van der Waals surface area contributed by atoms with Gasteiger partial charge in [-0.1, -0.05) is 13.8 Å². The summed E-state index contributed by atoms with van der Waals surface area (Å²) in [4.78, 5) is 2.68. The molecule has 2 aliphatic rings. The maximum Gasteiger partial charge on any atom is 0.0724 e. The van der Waals surface area contributed by atoms with Gasteiger partial charge < -0.3 is 10.1 Å². The van der Waals surface area contributed by atoms with Gasteiger partial charge in [-0.25, -0.2) is 0 Å². The van der Waals surface area contributed by atoms with Gasteiger partial charge in [-0.15, -0.1) is 0 Å². The molecule has 0 aromatic rings. The smallest absolute Gasteiger partial charge is 0.0724 e. The molecule has 4 unspecified atom stereocenters. The lowest BCUT2D eigenvalue weighted by Crippen LogP contribution is -2.48. The van der Waals surface area contributed by atoms with E-state index in [0.717, 1.165) is 24.5 Å². The second-order valence-electron chi connectivity index (χ2n) is 6.15. The van der Waals surface area contributed by atoms with E-state index in [0.29, 0.717) is 6.10 Å². The first kappa shape index (κ1) is 14.3. The predicted octanol–water partition coefficient (Wildman–Crippen LogP) is 2.26. The first-order valence-corrected chi connectivity index (χ1v) is 7.74. The summed E-state index contributed by atoms with van der Waals surface area (Å²) in [6, 6.07) is 1.56. The molecule has 0 radical (unpaired) electrons. The van der Waals surface area contributed by atoms with Crippen molar-refractivity contribution >= 4 is 0 Å². The van der Waals surface area contributed by atoms with E-state index in [4.69, 9.17) is 4.74 Å². The van der Waals surface area contributed by atoms with Crippen LogP contribution in [0.3, 0.4) is 0 Å². The van der Waals surface area contributed by atoms with Gasteiger partial charge >= 0.3 is 0 Å². The van der Waals surface area contributed by atoms with Gasteiger partial charge in [0.1, 0.15) is 0 Å². The standard InChI is InChI=1S/C15H30N2O/c1-4-8-16-13-5-6-14(10-13)17-9-7-12(2)15(11-17)18-3/h12-16H,4-11H2,1-3H3. The van der Waals surface area contributed by atoms with Crippen LogP contribution in [0.15, 0.2) is 0 Å². The van der Waals surface area contributed by atoms with Gasteiger partial charge in [0.25, 0.3) is 0 Å². The first-order chi connectivity index (χ1) is 8.74. The lowest BCUT2D eigenvalue weighted by atomic mass is 9.94. The number of methoxy groups -OCH3 is 1. The van der Waals surface area contributed by atoms with Crippen molar-refractivity contribution in [2.45, 2.75) is 64.1 Å². The number of rotatable bonds is 5. The Morgan fingerprint density at radius 2 is 2.11 bits per heavy atom. The Bertz CT molecular complexity index is 247. The first-order valence-electron chi connectivity index (χ1n) is 7.74. The summed E-state index contributed by atoms with van der Waals surface area (Å²) >= 11 is 0. The Labute approximate surface area is 112 Å². The lowest BCUT2D eigenvalue weighted by Gasteiger charge is -2.39. The summed E-state index contributed by atoms with van der Waals surface area (Å²) in [6.07, 6.45) is 7.04. The maximum absolute atomic E-state index is 5.63. The molecule has 4 atom stereocenters. The van der Waals surface area contributed by atoms with Gasteiger partial charge in [-0.2, -0.15) is 0 Å². The molecule has 1 heterocycles. The Morgan fingerprint density at radius 1 is 1.28 bits per heavy atom. The van der Waals surface area contributed by atoms with E-state index in [1.54, 1.807) is 0 Å². The van der Waals surface area contributed by atoms with E-state index in [-0.39, 0.29) is 0 Å². The van der Waals surface area contributed by atoms with Crippen LogP contribution < -0.4 is 5.32 Å². The fraction of sp³-hybridized carbons (Fsp3) is 1.00. The number of hydrogen-bond acceptors (Lipinski definition) is 3. The average molecular weight is 254 g/mol. The van der Waals surface area contributed by atoms with E-state index in [1.165, 1.54) is 45.2 Å². The summed E-state index contributed by atoms with van der Waals surface area (Å²) in [5.41, 5.74) is 0.